The normalized spacial score (nSPS) is 14.3. The largest absolute Gasteiger partial charge is 0.382 e. The molecule has 0 saturated carbocycles. The molecule has 112 valence electrons. The van der Waals surface area contributed by atoms with Gasteiger partial charge in [-0.2, -0.15) is 0 Å². The average molecular weight is 275 g/mol. The van der Waals surface area contributed by atoms with Gasteiger partial charge in [-0.25, -0.2) is 0 Å². The van der Waals surface area contributed by atoms with Gasteiger partial charge in [0.05, 0.1) is 12.6 Å². The van der Waals surface area contributed by atoms with Crippen LogP contribution in [0.4, 0.5) is 0 Å². The second-order valence-corrected chi connectivity index (χ2v) is 6.37. The van der Waals surface area contributed by atoms with Crippen LogP contribution in [0.15, 0.2) is 35.3 Å². The summed E-state index contributed by atoms with van der Waals surface area (Å²) in [4.78, 5) is 5.01. The molecule has 2 heteroatoms. The second kappa shape index (κ2) is 8.21. The third kappa shape index (κ3) is 5.87. The lowest BCUT2D eigenvalue weighted by Gasteiger charge is -2.24. The molecule has 0 fully saturated rings. The number of nitrogens with zero attached hydrogens (tertiary/aromatic N) is 1. The molecule has 0 spiro atoms. The Hall–Kier alpha value is -1.15. The van der Waals surface area contributed by atoms with E-state index in [-0.39, 0.29) is 11.5 Å². The Morgan fingerprint density at radius 3 is 2.35 bits per heavy atom. The molecule has 20 heavy (non-hydrogen) atoms. The van der Waals surface area contributed by atoms with Crippen molar-refractivity contribution in [1.82, 2.24) is 0 Å². The van der Waals surface area contributed by atoms with Crippen LogP contribution in [0.1, 0.15) is 46.1 Å². The molecule has 0 aliphatic rings. The van der Waals surface area contributed by atoms with E-state index in [1.54, 1.807) is 7.11 Å². The van der Waals surface area contributed by atoms with Crippen molar-refractivity contribution in [2.24, 2.45) is 10.4 Å². The molecule has 2 nitrogen and oxygen atoms in total. The summed E-state index contributed by atoms with van der Waals surface area (Å²) in [6, 6.07) is 10.8. The molecule has 0 aliphatic heterocycles. The predicted molar refractivity (Wildman–Crippen MR) is 87.6 cm³/mol. The topological polar surface area (TPSA) is 21.6 Å². The molecule has 0 aromatic heterocycles. The quantitative estimate of drug-likeness (QED) is 0.670. The average Bonchev–Trinajstić information content (AvgIpc) is 2.38. The maximum absolute atomic E-state index is 5.36. The van der Waals surface area contributed by atoms with Crippen molar-refractivity contribution in [1.29, 1.82) is 0 Å². The van der Waals surface area contributed by atoms with Gasteiger partial charge in [0.15, 0.2) is 0 Å². The van der Waals surface area contributed by atoms with Crippen LogP contribution < -0.4 is 0 Å². The zero-order chi connectivity index (χ0) is 15.0. The van der Waals surface area contributed by atoms with Crippen LogP contribution in [0.2, 0.25) is 0 Å². The Morgan fingerprint density at radius 1 is 1.20 bits per heavy atom. The van der Waals surface area contributed by atoms with Crippen molar-refractivity contribution in [2.75, 3.05) is 13.7 Å². The minimum atomic E-state index is 0.138. The van der Waals surface area contributed by atoms with E-state index in [0.29, 0.717) is 6.61 Å². The lowest BCUT2D eigenvalue weighted by molar-refractivity contribution is 0.180. The number of aliphatic imine (C=N–C) groups is 1. The van der Waals surface area contributed by atoms with Crippen LogP contribution in [-0.2, 0) is 11.2 Å². The molecule has 0 N–H and O–H groups in total. The molecule has 0 radical (unpaired) electrons. The van der Waals surface area contributed by atoms with Crippen molar-refractivity contribution < 1.29 is 4.74 Å². The highest BCUT2D eigenvalue weighted by molar-refractivity contribution is 5.89. The SMILES string of the molecule is CCCC(=NC(COC)Cc1ccccc1)C(C)(C)C. The summed E-state index contributed by atoms with van der Waals surface area (Å²) < 4.78 is 5.36. The van der Waals surface area contributed by atoms with Gasteiger partial charge in [-0.3, -0.25) is 4.99 Å². The van der Waals surface area contributed by atoms with Gasteiger partial charge in [0, 0.05) is 12.8 Å². The van der Waals surface area contributed by atoms with Gasteiger partial charge < -0.3 is 4.74 Å². The monoisotopic (exact) mass is 275 g/mol. The van der Waals surface area contributed by atoms with Gasteiger partial charge in [0.2, 0.25) is 0 Å². The summed E-state index contributed by atoms with van der Waals surface area (Å²) in [7, 11) is 1.75. The Morgan fingerprint density at radius 2 is 1.85 bits per heavy atom. The number of rotatable bonds is 7. The molecule has 0 saturated heterocycles. The van der Waals surface area contributed by atoms with E-state index in [1.807, 2.05) is 0 Å². The molecular weight excluding hydrogens is 246 g/mol. The zero-order valence-electron chi connectivity index (χ0n) is 13.6. The van der Waals surface area contributed by atoms with E-state index in [4.69, 9.17) is 9.73 Å². The second-order valence-electron chi connectivity index (χ2n) is 6.37. The van der Waals surface area contributed by atoms with Crippen molar-refractivity contribution in [3.8, 4) is 0 Å². The van der Waals surface area contributed by atoms with Gasteiger partial charge in [0.1, 0.15) is 0 Å². The van der Waals surface area contributed by atoms with E-state index in [2.05, 4.69) is 58.0 Å². The maximum Gasteiger partial charge on any atom is 0.0772 e. The zero-order valence-corrected chi connectivity index (χ0v) is 13.6. The van der Waals surface area contributed by atoms with E-state index < -0.39 is 0 Å². The van der Waals surface area contributed by atoms with Crippen LogP contribution in [-0.4, -0.2) is 25.5 Å². The van der Waals surface area contributed by atoms with Crippen molar-refractivity contribution in [2.45, 2.75) is 53.0 Å². The molecule has 0 heterocycles. The third-order valence-corrected chi connectivity index (χ3v) is 3.36. The summed E-state index contributed by atoms with van der Waals surface area (Å²) in [5.41, 5.74) is 2.76. The Kier molecular flexibility index (Phi) is 6.94. The number of benzene rings is 1. The van der Waals surface area contributed by atoms with E-state index >= 15 is 0 Å². The molecule has 0 aliphatic carbocycles. The number of ether oxygens (including phenoxy) is 1. The first kappa shape index (κ1) is 16.9. The molecule has 1 rings (SSSR count). The van der Waals surface area contributed by atoms with Crippen LogP contribution in [0.3, 0.4) is 0 Å². The molecule has 1 unspecified atom stereocenters. The van der Waals surface area contributed by atoms with Crippen molar-refractivity contribution >= 4 is 5.71 Å². The molecule has 1 aromatic carbocycles. The lowest BCUT2D eigenvalue weighted by Crippen LogP contribution is -2.25. The molecule has 0 amide bonds. The Balaban J connectivity index is 2.88. The fourth-order valence-corrected chi connectivity index (χ4v) is 2.31. The summed E-state index contributed by atoms with van der Waals surface area (Å²) in [6.07, 6.45) is 3.15. The van der Waals surface area contributed by atoms with Gasteiger partial charge in [-0.1, -0.05) is 64.4 Å². The van der Waals surface area contributed by atoms with Crippen molar-refractivity contribution in [3.63, 3.8) is 0 Å². The van der Waals surface area contributed by atoms with Crippen LogP contribution in [0.25, 0.3) is 0 Å². The maximum atomic E-state index is 5.36. The highest BCUT2D eigenvalue weighted by atomic mass is 16.5. The minimum absolute atomic E-state index is 0.138. The fraction of sp³-hybridized carbons (Fsp3) is 0.611. The van der Waals surface area contributed by atoms with Gasteiger partial charge >= 0.3 is 0 Å². The summed E-state index contributed by atoms with van der Waals surface area (Å²) in [5, 5.41) is 0. The first-order chi connectivity index (χ1) is 9.47. The molecule has 1 atom stereocenters. The standard InChI is InChI=1S/C18H29NO/c1-6-10-17(18(2,3)4)19-16(14-20-5)13-15-11-8-7-9-12-15/h7-9,11-12,16H,6,10,13-14H2,1-5H3. The summed E-state index contributed by atoms with van der Waals surface area (Å²) in [6.45, 7) is 9.62. The van der Waals surface area contributed by atoms with Gasteiger partial charge in [-0.15, -0.1) is 0 Å². The van der Waals surface area contributed by atoms with Crippen molar-refractivity contribution in [3.05, 3.63) is 35.9 Å². The summed E-state index contributed by atoms with van der Waals surface area (Å²) in [5.74, 6) is 0. The number of methoxy groups -OCH3 is 1. The molecule has 0 bridgehead atoms. The highest BCUT2D eigenvalue weighted by Crippen LogP contribution is 2.21. The van der Waals surface area contributed by atoms with Gasteiger partial charge in [0.25, 0.3) is 0 Å². The van der Waals surface area contributed by atoms with Crippen LogP contribution in [0, 0.1) is 5.41 Å². The Labute approximate surface area is 124 Å². The van der Waals surface area contributed by atoms with E-state index in [0.717, 1.165) is 19.3 Å². The molecular formula is C18H29NO. The van der Waals surface area contributed by atoms with Crippen LogP contribution in [0.5, 0.6) is 0 Å². The molecule has 1 aromatic rings. The number of hydrogen-bond acceptors (Lipinski definition) is 2. The third-order valence-electron chi connectivity index (χ3n) is 3.36. The van der Waals surface area contributed by atoms with Crippen LogP contribution >= 0.6 is 0 Å². The lowest BCUT2D eigenvalue weighted by atomic mass is 9.87. The number of hydrogen-bond donors (Lipinski definition) is 0. The van der Waals surface area contributed by atoms with Gasteiger partial charge in [-0.05, 0) is 23.8 Å². The predicted octanol–water partition coefficient (Wildman–Crippen LogP) is 4.53. The summed E-state index contributed by atoms with van der Waals surface area (Å²) >= 11 is 0. The smallest absolute Gasteiger partial charge is 0.0772 e. The minimum Gasteiger partial charge on any atom is -0.382 e. The van der Waals surface area contributed by atoms with E-state index in [1.165, 1.54) is 11.3 Å². The highest BCUT2D eigenvalue weighted by Gasteiger charge is 2.20. The Bertz CT molecular complexity index is 403. The first-order valence-corrected chi connectivity index (χ1v) is 7.57. The van der Waals surface area contributed by atoms with E-state index in [9.17, 15) is 0 Å². The first-order valence-electron chi connectivity index (χ1n) is 7.57. The fourth-order valence-electron chi connectivity index (χ4n) is 2.31.